The van der Waals surface area contributed by atoms with Crippen LogP contribution in [0.3, 0.4) is 0 Å². The molecule has 0 aliphatic heterocycles. The molecule has 0 bridgehead atoms. The van der Waals surface area contributed by atoms with Gasteiger partial charge >= 0.3 is 5.97 Å². The number of unbranched alkanes of at least 4 members (excludes halogenated alkanes) is 1. The van der Waals surface area contributed by atoms with Gasteiger partial charge in [0.25, 0.3) is 0 Å². The number of carboxylic acid groups (broad SMARTS) is 1. The van der Waals surface area contributed by atoms with Crippen LogP contribution in [0.1, 0.15) is 32.1 Å². The first-order chi connectivity index (χ1) is 8.50. The number of carbonyl (C=O) groups excluding carboxylic acids is 2. The van der Waals surface area contributed by atoms with Gasteiger partial charge in [0.2, 0.25) is 5.78 Å². The third kappa shape index (κ3) is 4.63. The Morgan fingerprint density at radius 2 is 2.11 bits per heavy atom. The number of allylic oxidation sites excluding steroid dienone is 3. The van der Waals surface area contributed by atoms with E-state index in [9.17, 15) is 19.5 Å². The van der Waals surface area contributed by atoms with E-state index in [0.29, 0.717) is 24.8 Å². The number of aliphatic carboxylic acids is 1. The third-order valence-electron chi connectivity index (χ3n) is 2.66. The van der Waals surface area contributed by atoms with Gasteiger partial charge in [-0.05, 0) is 30.9 Å². The van der Waals surface area contributed by atoms with E-state index in [1.54, 1.807) is 12.2 Å². The van der Waals surface area contributed by atoms with Gasteiger partial charge in [-0.3, -0.25) is 9.59 Å². The predicted octanol–water partition coefficient (Wildman–Crippen LogP) is 1.02. The van der Waals surface area contributed by atoms with Crippen molar-refractivity contribution in [3.8, 4) is 0 Å². The zero-order valence-electron chi connectivity index (χ0n) is 9.96. The highest BCUT2D eigenvalue weighted by Crippen LogP contribution is 2.18. The van der Waals surface area contributed by atoms with Crippen molar-refractivity contribution in [2.75, 3.05) is 0 Å². The predicted molar refractivity (Wildman–Crippen MR) is 64.0 cm³/mol. The summed E-state index contributed by atoms with van der Waals surface area (Å²) in [6, 6.07) is 0. The van der Waals surface area contributed by atoms with Gasteiger partial charge in [0, 0.05) is 12.8 Å². The maximum atomic E-state index is 11.3. The Balaban J connectivity index is 2.19. The molecule has 98 valence electrons. The van der Waals surface area contributed by atoms with Gasteiger partial charge in [-0.25, -0.2) is 4.79 Å². The van der Waals surface area contributed by atoms with E-state index in [-0.39, 0.29) is 18.6 Å². The van der Waals surface area contributed by atoms with Crippen LogP contribution in [-0.2, 0) is 14.4 Å². The van der Waals surface area contributed by atoms with Crippen LogP contribution in [-0.4, -0.2) is 33.9 Å². The van der Waals surface area contributed by atoms with E-state index in [4.69, 9.17) is 5.11 Å². The van der Waals surface area contributed by atoms with Gasteiger partial charge in [-0.2, -0.15) is 0 Å². The lowest BCUT2D eigenvalue weighted by molar-refractivity contribution is -0.149. The molecule has 1 unspecified atom stereocenters. The van der Waals surface area contributed by atoms with Crippen LogP contribution in [0.2, 0.25) is 0 Å². The first-order valence-corrected chi connectivity index (χ1v) is 5.83. The lowest BCUT2D eigenvalue weighted by Gasteiger charge is -1.95. The molecule has 0 saturated heterocycles. The first kappa shape index (κ1) is 14.3. The summed E-state index contributed by atoms with van der Waals surface area (Å²) in [5.74, 6) is -2.21. The van der Waals surface area contributed by atoms with Crippen molar-refractivity contribution in [1.82, 2.24) is 0 Å². The minimum atomic E-state index is -1.39. The number of rotatable bonds is 7. The Labute approximate surface area is 105 Å². The summed E-state index contributed by atoms with van der Waals surface area (Å²) in [7, 11) is 0. The van der Waals surface area contributed by atoms with E-state index < -0.39 is 17.9 Å². The second kappa shape index (κ2) is 6.86. The number of ketones is 2. The standard InChI is InChI=1S/C13H16O5/c14-10-7-9(12(16)8-10)5-3-1-2-4-6-11(15)13(17)18/h1,3,7,10,14H,2,4-6,8H2,(H,17,18)/b3-1-. The minimum absolute atomic E-state index is 0.0278. The van der Waals surface area contributed by atoms with Crippen molar-refractivity contribution in [3.05, 3.63) is 23.8 Å². The van der Waals surface area contributed by atoms with Crippen LogP contribution in [0.15, 0.2) is 23.8 Å². The van der Waals surface area contributed by atoms with Crippen LogP contribution >= 0.6 is 0 Å². The number of aliphatic hydroxyl groups excluding tert-OH is 1. The second-order valence-electron chi connectivity index (χ2n) is 4.18. The molecular formula is C13H16O5. The van der Waals surface area contributed by atoms with Gasteiger partial charge < -0.3 is 10.2 Å². The summed E-state index contributed by atoms with van der Waals surface area (Å²) in [5, 5.41) is 17.6. The van der Waals surface area contributed by atoms with Crippen molar-refractivity contribution < 1.29 is 24.6 Å². The summed E-state index contributed by atoms with van der Waals surface area (Å²) in [5.41, 5.74) is 0.611. The van der Waals surface area contributed by atoms with E-state index in [1.807, 2.05) is 6.08 Å². The highest BCUT2D eigenvalue weighted by Gasteiger charge is 2.20. The average Bonchev–Trinajstić information content (AvgIpc) is 2.61. The number of hydrogen-bond donors (Lipinski definition) is 2. The number of Topliss-reactive ketones (excluding diaryl/α,β-unsaturated/α-hetero) is 2. The molecule has 0 spiro atoms. The fraction of sp³-hybridized carbons (Fsp3) is 0.462. The Morgan fingerprint density at radius 3 is 2.67 bits per heavy atom. The topological polar surface area (TPSA) is 91.7 Å². The Morgan fingerprint density at radius 1 is 1.39 bits per heavy atom. The molecule has 1 rings (SSSR count). The lowest BCUT2D eigenvalue weighted by Crippen LogP contribution is -2.11. The Bertz CT molecular complexity index is 406. The lowest BCUT2D eigenvalue weighted by atomic mass is 10.1. The first-order valence-electron chi connectivity index (χ1n) is 5.83. The van der Waals surface area contributed by atoms with Crippen molar-refractivity contribution in [3.63, 3.8) is 0 Å². The molecule has 0 saturated carbocycles. The van der Waals surface area contributed by atoms with Gasteiger partial charge in [0.15, 0.2) is 5.78 Å². The molecule has 5 heteroatoms. The van der Waals surface area contributed by atoms with Crippen LogP contribution in [0.25, 0.3) is 0 Å². The highest BCUT2D eigenvalue weighted by molar-refractivity contribution is 6.32. The zero-order valence-corrected chi connectivity index (χ0v) is 9.96. The van der Waals surface area contributed by atoms with E-state index in [0.717, 1.165) is 0 Å². The molecule has 1 aliphatic rings. The maximum Gasteiger partial charge on any atom is 0.372 e. The third-order valence-corrected chi connectivity index (χ3v) is 2.66. The van der Waals surface area contributed by atoms with Crippen LogP contribution in [0, 0.1) is 0 Å². The van der Waals surface area contributed by atoms with Crippen LogP contribution in [0.4, 0.5) is 0 Å². The van der Waals surface area contributed by atoms with Gasteiger partial charge in [0.05, 0.1) is 6.10 Å². The van der Waals surface area contributed by atoms with E-state index in [2.05, 4.69) is 0 Å². The normalized spacial score (nSPS) is 19.3. The maximum absolute atomic E-state index is 11.3. The molecule has 0 heterocycles. The fourth-order valence-corrected chi connectivity index (χ4v) is 1.70. The smallest absolute Gasteiger partial charge is 0.372 e. The molecule has 0 aromatic heterocycles. The highest BCUT2D eigenvalue weighted by atomic mass is 16.4. The Kier molecular flexibility index (Phi) is 5.45. The molecular weight excluding hydrogens is 236 g/mol. The molecule has 0 aromatic rings. The van der Waals surface area contributed by atoms with Crippen LogP contribution < -0.4 is 0 Å². The molecule has 0 fully saturated rings. The molecule has 2 N–H and O–H groups in total. The molecule has 1 aliphatic carbocycles. The van der Waals surface area contributed by atoms with Gasteiger partial charge in [-0.15, -0.1) is 0 Å². The number of carbonyl (C=O) groups is 3. The summed E-state index contributed by atoms with van der Waals surface area (Å²) >= 11 is 0. The Hall–Kier alpha value is -1.75. The number of carboxylic acids is 1. The van der Waals surface area contributed by atoms with Crippen molar-refractivity contribution in [2.24, 2.45) is 0 Å². The molecule has 0 radical (unpaired) electrons. The quantitative estimate of drug-likeness (QED) is 0.401. The SMILES string of the molecule is O=C(O)C(=O)CCC/C=C\CC1=CC(O)CC1=O. The number of aliphatic hydroxyl groups is 1. The van der Waals surface area contributed by atoms with Crippen molar-refractivity contribution in [1.29, 1.82) is 0 Å². The van der Waals surface area contributed by atoms with E-state index >= 15 is 0 Å². The van der Waals surface area contributed by atoms with Gasteiger partial charge in [0.1, 0.15) is 0 Å². The summed E-state index contributed by atoms with van der Waals surface area (Å²) in [6.07, 6.45) is 6.26. The molecule has 1 atom stereocenters. The van der Waals surface area contributed by atoms with Crippen LogP contribution in [0.5, 0.6) is 0 Å². The van der Waals surface area contributed by atoms with Crippen molar-refractivity contribution >= 4 is 17.5 Å². The zero-order chi connectivity index (χ0) is 13.5. The summed E-state index contributed by atoms with van der Waals surface area (Å²) < 4.78 is 0. The minimum Gasteiger partial charge on any atom is -0.476 e. The fourth-order valence-electron chi connectivity index (χ4n) is 1.70. The molecule has 0 aromatic carbocycles. The average molecular weight is 252 g/mol. The van der Waals surface area contributed by atoms with Gasteiger partial charge in [-0.1, -0.05) is 12.2 Å². The number of hydrogen-bond acceptors (Lipinski definition) is 4. The largest absolute Gasteiger partial charge is 0.476 e. The monoisotopic (exact) mass is 252 g/mol. The van der Waals surface area contributed by atoms with E-state index in [1.165, 1.54) is 0 Å². The summed E-state index contributed by atoms with van der Waals surface area (Å²) in [6.45, 7) is 0. The molecule has 5 nitrogen and oxygen atoms in total. The summed E-state index contributed by atoms with van der Waals surface area (Å²) in [4.78, 5) is 32.3. The molecule has 18 heavy (non-hydrogen) atoms. The second-order valence-corrected chi connectivity index (χ2v) is 4.18. The molecule has 0 amide bonds. The van der Waals surface area contributed by atoms with Crippen molar-refractivity contribution in [2.45, 2.75) is 38.2 Å².